The number of aryl methyl sites for hydroxylation is 1. The fourth-order valence-electron chi connectivity index (χ4n) is 4.64. The van der Waals surface area contributed by atoms with Crippen LogP contribution >= 0.6 is 0 Å². The van der Waals surface area contributed by atoms with Gasteiger partial charge in [0.05, 0.1) is 17.7 Å². The molecule has 2 aliphatic heterocycles. The molecule has 2 heterocycles. The number of ether oxygens (including phenoxy) is 1. The summed E-state index contributed by atoms with van der Waals surface area (Å²) in [5.41, 5.74) is 1.33. The van der Waals surface area contributed by atoms with Gasteiger partial charge >= 0.3 is 0 Å². The summed E-state index contributed by atoms with van der Waals surface area (Å²) in [5.74, 6) is 0.279. The summed E-state index contributed by atoms with van der Waals surface area (Å²) in [6, 6.07) is 11.5. The van der Waals surface area contributed by atoms with E-state index in [2.05, 4.69) is 0 Å². The van der Waals surface area contributed by atoms with Crippen molar-refractivity contribution in [1.82, 2.24) is 9.21 Å². The minimum atomic E-state index is -3.61. The van der Waals surface area contributed by atoms with Crippen LogP contribution in [0.15, 0.2) is 47.4 Å². The number of piperazine rings is 1. The number of halogens is 1. The molecule has 0 atom stereocenters. The maximum absolute atomic E-state index is 14.1. The van der Waals surface area contributed by atoms with E-state index in [1.54, 1.807) is 37.4 Å². The van der Waals surface area contributed by atoms with E-state index in [1.165, 1.54) is 10.4 Å². The Hall–Kier alpha value is -2.65. The minimum Gasteiger partial charge on any atom is -0.496 e. The minimum absolute atomic E-state index is 0.0699. The molecule has 2 fully saturated rings. The molecule has 0 spiro atoms. The summed E-state index contributed by atoms with van der Waals surface area (Å²) in [5, 5.41) is 0. The van der Waals surface area contributed by atoms with Gasteiger partial charge in [-0.3, -0.25) is 4.79 Å². The zero-order valence-electron chi connectivity index (χ0n) is 19.0. The van der Waals surface area contributed by atoms with Gasteiger partial charge in [0.25, 0.3) is 0 Å². The van der Waals surface area contributed by atoms with E-state index in [0.717, 1.165) is 5.56 Å². The largest absolute Gasteiger partial charge is 0.496 e. The average molecular weight is 476 g/mol. The van der Waals surface area contributed by atoms with Crippen molar-refractivity contribution in [2.45, 2.75) is 24.7 Å². The van der Waals surface area contributed by atoms with Gasteiger partial charge in [0.2, 0.25) is 15.9 Å². The number of benzene rings is 2. The highest BCUT2D eigenvalue weighted by Gasteiger charge is 2.35. The molecule has 7 nitrogen and oxygen atoms in total. The van der Waals surface area contributed by atoms with Crippen LogP contribution in [0, 0.1) is 18.7 Å². The first-order chi connectivity index (χ1) is 15.8. The zero-order chi connectivity index (χ0) is 23.6. The molecule has 2 aliphatic rings. The topological polar surface area (TPSA) is 70.2 Å². The van der Waals surface area contributed by atoms with Crippen LogP contribution in [-0.4, -0.2) is 69.9 Å². The van der Waals surface area contributed by atoms with E-state index < -0.39 is 10.0 Å². The molecule has 0 radical (unpaired) electrons. The molecule has 0 unspecified atom stereocenters. The van der Waals surface area contributed by atoms with E-state index in [9.17, 15) is 17.6 Å². The van der Waals surface area contributed by atoms with Gasteiger partial charge in [-0.25, -0.2) is 12.8 Å². The molecule has 2 aromatic carbocycles. The number of anilines is 1. The molecule has 0 N–H and O–H groups in total. The van der Waals surface area contributed by atoms with Gasteiger partial charge in [0, 0.05) is 45.2 Å². The second kappa shape index (κ2) is 9.69. The van der Waals surface area contributed by atoms with E-state index in [1.807, 2.05) is 22.8 Å². The number of sulfonamides is 1. The van der Waals surface area contributed by atoms with Crippen LogP contribution in [0.1, 0.15) is 18.4 Å². The summed E-state index contributed by atoms with van der Waals surface area (Å²) in [6.07, 6.45) is 1.00. The number of piperidine rings is 1. The van der Waals surface area contributed by atoms with Crippen molar-refractivity contribution in [3.8, 4) is 5.75 Å². The monoisotopic (exact) mass is 475 g/mol. The van der Waals surface area contributed by atoms with E-state index in [-0.39, 0.29) is 22.5 Å². The first kappa shape index (κ1) is 23.5. The molecule has 0 aliphatic carbocycles. The number of nitrogens with zero attached hydrogens (tertiary/aromatic N) is 3. The summed E-state index contributed by atoms with van der Waals surface area (Å²) < 4.78 is 46.9. The Labute approximate surface area is 194 Å². The Balaban J connectivity index is 1.33. The molecule has 0 bridgehead atoms. The highest BCUT2D eigenvalue weighted by molar-refractivity contribution is 7.89. The number of carbonyl (C=O) groups is 1. The lowest BCUT2D eigenvalue weighted by Gasteiger charge is -2.39. The lowest BCUT2D eigenvalue weighted by molar-refractivity contribution is -0.137. The Morgan fingerprint density at radius 1 is 1.00 bits per heavy atom. The van der Waals surface area contributed by atoms with Gasteiger partial charge in [-0.1, -0.05) is 12.1 Å². The van der Waals surface area contributed by atoms with E-state index in [4.69, 9.17) is 4.74 Å². The molecule has 1 amide bonds. The van der Waals surface area contributed by atoms with Gasteiger partial charge in [-0.05, 0) is 55.7 Å². The van der Waals surface area contributed by atoms with Crippen molar-refractivity contribution < 1.29 is 22.3 Å². The molecule has 2 saturated heterocycles. The second-order valence-corrected chi connectivity index (χ2v) is 10.5. The third-order valence-corrected chi connectivity index (χ3v) is 8.49. The number of methoxy groups -OCH3 is 1. The van der Waals surface area contributed by atoms with Crippen LogP contribution in [0.3, 0.4) is 0 Å². The fraction of sp³-hybridized carbons (Fsp3) is 0.458. The van der Waals surface area contributed by atoms with Crippen molar-refractivity contribution in [3.63, 3.8) is 0 Å². The predicted octanol–water partition coefficient (Wildman–Crippen LogP) is 2.89. The molecule has 178 valence electrons. The van der Waals surface area contributed by atoms with Gasteiger partial charge < -0.3 is 14.5 Å². The number of hydrogen-bond donors (Lipinski definition) is 0. The SMILES string of the molecule is COc1ccc(S(=O)(=O)N2CCC(C(=O)N3CCN(c4ccccc4F)CC3)CC2)cc1C. The predicted molar refractivity (Wildman–Crippen MR) is 124 cm³/mol. The normalized spacial score (nSPS) is 18.4. The first-order valence-corrected chi connectivity index (χ1v) is 12.7. The molecule has 9 heteroatoms. The number of carbonyl (C=O) groups excluding carboxylic acids is 1. The van der Waals surface area contributed by atoms with Crippen molar-refractivity contribution >= 4 is 21.6 Å². The third kappa shape index (κ3) is 4.84. The summed E-state index contributed by atoms with van der Waals surface area (Å²) in [7, 11) is -2.06. The number of para-hydroxylation sites is 1. The second-order valence-electron chi connectivity index (χ2n) is 8.57. The third-order valence-electron chi connectivity index (χ3n) is 6.59. The Morgan fingerprint density at radius 2 is 1.67 bits per heavy atom. The van der Waals surface area contributed by atoms with Gasteiger partial charge in [0.15, 0.2) is 0 Å². The smallest absolute Gasteiger partial charge is 0.243 e. The lowest BCUT2D eigenvalue weighted by atomic mass is 9.96. The maximum Gasteiger partial charge on any atom is 0.243 e. The van der Waals surface area contributed by atoms with Crippen LogP contribution in [-0.2, 0) is 14.8 Å². The highest BCUT2D eigenvalue weighted by Crippen LogP contribution is 2.28. The van der Waals surface area contributed by atoms with Crippen LogP contribution in [0.25, 0.3) is 0 Å². The average Bonchev–Trinajstić information content (AvgIpc) is 2.84. The molecule has 0 saturated carbocycles. The zero-order valence-corrected chi connectivity index (χ0v) is 19.9. The standard InChI is InChI=1S/C24H30FN3O4S/c1-18-17-20(7-8-23(18)32-2)33(30,31)28-11-9-19(10-12-28)24(29)27-15-13-26(14-16-27)22-6-4-3-5-21(22)25/h3-8,17,19H,9-16H2,1-2H3. The molecular weight excluding hydrogens is 445 g/mol. The maximum atomic E-state index is 14.1. The Bertz CT molecular complexity index is 1110. The van der Waals surface area contributed by atoms with Crippen molar-refractivity contribution in [1.29, 1.82) is 0 Å². The van der Waals surface area contributed by atoms with Gasteiger partial charge in [-0.15, -0.1) is 0 Å². The van der Waals surface area contributed by atoms with Crippen LogP contribution in [0.2, 0.25) is 0 Å². The van der Waals surface area contributed by atoms with Gasteiger partial charge in [-0.2, -0.15) is 4.31 Å². The van der Waals surface area contributed by atoms with Crippen molar-refractivity contribution in [2.24, 2.45) is 5.92 Å². The molecule has 4 rings (SSSR count). The Kier molecular flexibility index (Phi) is 6.90. The van der Waals surface area contributed by atoms with Crippen LogP contribution < -0.4 is 9.64 Å². The number of amides is 1. The summed E-state index contributed by atoms with van der Waals surface area (Å²) in [4.78, 5) is 17.1. The van der Waals surface area contributed by atoms with Gasteiger partial charge in [0.1, 0.15) is 11.6 Å². The quantitative estimate of drug-likeness (QED) is 0.665. The van der Waals surface area contributed by atoms with Crippen molar-refractivity contribution in [3.05, 3.63) is 53.8 Å². The van der Waals surface area contributed by atoms with Crippen LogP contribution in [0.4, 0.5) is 10.1 Å². The number of rotatable bonds is 5. The molecule has 0 aromatic heterocycles. The number of hydrogen-bond acceptors (Lipinski definition) is 5. The molecule has 2 aromatic rings. The highest BCUT2D eigenvalue weighted by atomic mass is 32.2. The summed E-state index contributed by atoms with van der Waals surface area (Å²) in [6.45, 7) is 4.69. The summed E-state index contributed by atoms with van der Waals surface area (Å²) >= 11 is 0. The van der Waals surface area contributed by atoms with E-state index in [0.29, 0.717) is 63.5 Å². The fourth-order valence-corrected chi connectivity index (χ4v) is 6.19. The van der Waals surface area contributed by atoms with E-state index >= 15 is 0 Å². The first-order valence-electron chi connectivity index (χ1n) is 11.2. The Morgan fingerprint density at radius 3 is 2.27 bits per heavy atom. The lowest BCUT2D eigenvalue weighted by Crippen LogP contribution is -2.52. The molecular formula is C24H30FN3O4S. The molecule has 33 heavy (non-hydrogen) atoms. The van der Waals surface area contributed by atoms with Crippen LogP contribution in [0.5, 0.6) is 5.75 Å². The van der Waals surface area contributed by atoms with Crippen molar-refractivity contribution in [2.75, 3.05) is 51.3 Å².